The van der Waals surface area contributed by atoms with Crippen LogP contribution in [0.1, 0.15) is 128 Å². The summed E-state index contributed by atoms with van der Waals surface area (Å²) >= 11 is 4.55. The van der Waals surface area contributed by atoms with Crippen LogP contribution in [-0.4, -0.2) is 110 Å². The molecular weight excluding hydrogens is 990 g/mol. The third-order valence-electron chi connectivity index (χ3n) is 9.26. The molecule has 0 saturated heterocycles. The molecule has 346 valence electrons. The molecule has 0 aliphatic rings. The van der Waals surface area contributed by atoms with E-state index in [1.165, 1.54) is 18.1 Å². The van der Waals surface area contributed by atoms with Crippen molar-refractivity contribution in [1.29, 1.82) is 0 Å². The van der Waals surface area contributed by atoms with Gasteiger partial charge < -0.3 is 33.9 Å². The Balaban J connectivity index is 0.00000110. The van der Waals surface area contributed by atoms with Crippen molar-refractivity contribution < 1.29 is 43.5 Å². The third-order valence-corrected chi connectivity index (χ3v) is 11.7. The van der Waals surface area contributed by atoms with E-state index in [-0.39, 0.29) is 17.4 Å². The fourth-order valence-electron chi connectivity index (χ4n) is 5.44. The lowest BCUT2D eigenvalue weighted by Crippen LogP contribution is -2.34. The summed E-state index contributed by atoms with van der Waals surface area (Å²) in [5, 5.41) is 20.4. The zero-order chi connectivity index (χ0) is 46.6. The van der Waals surface area contributed by atoms with Gasteiger partial charge in [-0.15, -0.1) is 0 Å². The number of aldehydes is 1. The molecule has 0 amide bonds. The number of aliphatic hydroxyl groups excluding tert-OH is 2. The first-order valence-electron chi connectivity index (χ1n) is 21.1. The molecule has 0 aromatic heterocycles. The quantitative estimate of drug-likeness (QED) is 0.0537. The van der Waals surface area contributed by atoms with E-state index in [2.05, 4.69) is 159 Å². The van der Waals surface area contributed by atoms with E-state index < -0.39 is 36.0 Å². The zero-order valence-corrected chi connectivity index (χ0v) is 44.1. The van der Waals surface area contributed by atoms with Crippen LogP contribution in [0, 0.1) is 11.3 Å². The first kappa shape index (κ1) is 58.4. The number of nitrogens with zero attached hydrogens (tertiary/aromatic N) is 2. The Labute approximate surface area is 392 Å². The van der Waals surface area contributed by atoms with Crippen molar-refractivity contribution in [3.8, 4) is 11.5 Å². The number of carbonyl (C=O) groups excluding carboxylic acids is 2. The molecule has 6 atom stereocenters. The predicted molar refractivity (Wildman–Crippen MR) is 261 cm³/mol. The Morgan fingerprint density at radius 3 is 1.55 bits per heavy atom. The van der Waals surface area contributed by atoms with Gasteiger partial charge >= 0.3 is 5.97 Å². The van der Waals surface area contributed by atoms with E-state index >= 15 is 0 Å². The summed E-state index contributed by atoms with van der Waals surface area (Å²) in [6.07, 6.45) is -0.767. The molecule has 0 saturated carbocycles. The molecule has 60 heavy (non-hydrogen) atoms. The normalized spacial score (nSPS) is 15.2. The zero-order valence-electron chi connectivity index (χ0n) is 39.8. The van der Waals surface area contributed by atoms with Gasteiger partial charge in [0.05, 0.1) is 24.4 Å². The van der Waals surface area contributed by atoms with E-state index in [4.69, 9.17) is 23.7 Å². The van der Waals surface area contributed by atoms with Crippen LogP contribution >= 0.6 is 45.7 Å². The summed E-state index contributed by atoms with van der Waals surface area (Å²) in [5.41, 5.74) is 1.83. The molecular formula is C47H80I2N2O9. The third kappa shape index (κ3) is 26.1. The van der Waals surface area contributed by atoms with E-state index in [9.17, 15) is 19.8 Å². The minimum atomic E-state index is -0.714. The van der Waals surface area contributed by atoms with Gasteiger partial charge in [0.2, 0.25) is 0 Å². The van der Waals surface area contributed by atoms with Crippen molar-refractivity contribution in [3.05, 3.63) is 59.7 Å². The van der Waals surface area contributed by atoms with E-state index in [0.717, 1.165) is 18.1 Å². The van der Waals surface area contributed by atoms with Crippen molar-refractivity contribution in [2.45, 2.75) is 171 Å². The van der Waals surface area contributed by atoms with Gasteiger partial charge in [-0.05, 0) is 129 Å². The molecule has 0 bridgehead atoms. The average Bonchev–Trinajstić information content (AvgIpc) is 3.14. The maximum atomic E-state index is 11.3. The van der Waals surface area contributed by atoms with E-state index in [1.807, 2.05) is 45.0 Å². The van der Waals surface area contributed by atoms with Gasteiger partial charge in [0.15, 0.2) is 18.5 Å². The van der Waals surface area contributed by atoms with E-state index in [1.54, 1.807) is 6.92 Å². The maximum Gasteiger partial charge on any atom is 0.335 e. The Kier molecular flexibility index (Phi) is 27.5. The largest absolute Gasteiger partial charge is 0.491 e. The van der Waals surface area contributed by atoms with Gasteiger partial charge in [-0.2, -0.15) is 0 Å². The van der Waals surface area contributed by atoms with Crippen LogP contribution in [-0.2, 0) is 29.2 Å². The lowest BCUT2D eigenvalue weighted by atomic mass is 9.78. The second-order valence-electron chi connectivity index (χ2n) is 18.8. The smallest absolute Gasteiger partial charge is 0.335 e. The number of benzene rings is 2. The highest BCUT2D eigenvalue weighted by atomic mass is 127. The first-order valence-corrected chi connectivity index (χ1v) is 23.0. The molecule has 0 spiro atoms. The molecule has 0 fully saturated rings. The molecule has 11 nitrogen and oxygen atoms in total. The highest BCUT2D eigenvalue weighted by Crippen LogP contribution is 2.33. The summed E-state index contributed by atoms with van der Waals surface area (Å²) in [7, 11) is 2.09. The summed E-state index contributed by atoms with van der Waals surface area (Å²) in [4.78, 5) is 21.5. The number of ether oxygens (including phenoxy) is 5. The molecule has 2 N–H and O–H groups in total. The second-order valence-corrected chi connectivity index (χ2v) is 21.6. The highest BCUT2D eigenvalue weighted by Gasteiger charge is 2.25. The highest BCUT2D eigenvalue weighted by molar-refractivity contribution is 14.1. The van der Waals surface area contributed by atoms with Crippen LogP contribution in [0.25, 0.3) is 0 Å². The lowest BCUT2D eigenvalue weighted by Gasteiger charge is -2.27. The Morgan fingerprint density at radius 2 is 1.18 bits per heavy atom. The number of hydrogen-bond donors (Lipinski definition) is 2. The SMILES string of the molecule is CC(C)N(I)CC(O)COc1ccc(C(C)(C)c2ccc(OCC(O)CC(C)(C)C)cc2)cc1.CC(C)OCC(C)C(C)N(C)I.CC(C=O)OC(=O)C(C)OC(C)(C)C. The summed E-state index contributed by atoms with van der Waals surface area (Å²) < 4.78 is 31.5. The molecule has 6 unspecified atom stereocenters. The number of hydrogen-bond acceptors (Lipinski definition) is 11. The molecule has 2 aromatic carbocycles. The molecule has 2 rings (SSSR count). The van der Waals surface area contributed by atoms with Gasteiger partial charge in [0.25, 0.3) is 0 Å². The standard InChI is InChI=1S/C28H42INO4.C10H18O4.C9H20INO/c1-20(2)30(29)17-24(32)19-34-26-14-10-22(11-15-26)28(6,7)21-8-12-25(13-9-21)33-18-23(31)16-27(3,4)5;1-7(6-11)13-9(12)8(2)14-10(3,4)5;1-7(2)12-6-8(3)9(4)11(5)10/h8-15,20,23-24,31-32H,16-19H2,1-7H3;6-8H,1-5H3;7-9H,6H2,1-5H3. The van der Waals surface area contributed by atoms with E-state index in [0.29, 0.717) is 50.0 Å². The second kappa shape index (κ2) is 28.2. The summed E-state index contributed by atoms with van der Waals surface area (Å²) in [5.74, 6) is 1.59. The van der Waals surface area contributed by atoms with Crippen molar-refractivity contribution in [1.82, 2.24) is 6.23 Å². The fraction of sp³-hybridized carbons (Fsp3) is 0.702. The summed E-state index contributed by atoms with van der Waals surface area (Å²) in [6, 6.07) is 17.1. The van der Waals surface area contributed by atoms with Crippen LogP contribution < -0.4 is 9.47 Å². The molecule has 2 aromatic rings. The molecule has 0 aliphatic heterocycles. The Hall–Kier alpha value is -1.60. The number of rotatable bonds is 21. The fourth-order valence-corrected chi connectivity index (χ4v) is 6.44. The first-order chi connectivity index (χ1) is 27.5. The van der Waals surface area contributed by atoms with Gasteiger partial charge in [-0.3, -0.25) is 4.79 Å². The average molecular weight is 1070 g/mol. The van der Waals surface area contributed by atoms with Crippen LogP contribution in [0.15, 0.2) is 48.5 Å². The van der Waals surface area contributed by atoms with Crippen LogP contribution in [0.3, 0.4) is 0 Å². The Bertz CT molecular complexity index is 1460. The van der Waals surface area contributed by atoms with Crippen molar-refractivity contribution >= 4 is 58.0 Å². The minimum absolute atomic E-state index is 0.0707. The van der Waals surface area contributed by atoms with Gasteiger partial charge in [-0.1, -0.05) is 65.8 Å². The number of halogens is 2. The van der Waals surface area contributed by atoms with Crippen molar-refractivity contribution in [2.24, 2.45) is 11.3 Å². The van der Waals surface area contributed by atoms with Crippen LogP contribution in [0.4, 0.5) is 0 Å². The number of carbonyl (C=O) groups is 2. The predicted octanol–water partition coefficient (Wildman–Crippen LogP) is 10.0. The number of esters is 1. The van der Waals surface area contributed by atoms with Gasteiger partial charge in [0, 0.05) is 69.8 Å². The lowest BCUT2D eigenvalue weighted by molar-refractivity contribution is -0.169. The topological polar surface area (TPSA) is 127 Å². The van der Waals surface area contributed by atoms with Crippen molar-refractivity contribution in [2.75, 3.05) is 33.4 Å². The molecule has 0 radical (unpaired) electrons. The number of aliphatic hydroxyl groups is 2. The summed E-state index contributed by atoms with van der Waals surface area (Å²) in [6.45, 7) is 34.1. The monoisotopic (exact) mass is 1070 g/mol. The van der Waals surface area contributed by atoms with Crippen LogP contribution in [0.5, 0.6) is 11.5 Å². The maximum absolute atomic E-state index is 11.3. The van der Waals surface area contributed by atoms with Crippen LogP contribution in [0.2, 0.25) is 0 Å². The van der Waals surface area contributed by atoms with Gasteiger partial charge in [0.1, 0.15) is 30.8 Å². The minimum Gasteiger partial charge on any atom is -0.491 e. The Morgan fingerprint density at radius 1 is 0.733 bits per heavy atom. The molecule has 0 heterocycles. The molecule has 0 aliphatic carbocycles. The molecule has 13 heteroatoms. The van der Waals surface area contributed by atoms with Crippen molar-refractivity contribution in [3.63, 3.8) is 0 Å². The van der Waals surface area contributed by atoms with Gasteiger partial charge in [-0.25, -0.2) is 11.0 Å².